The van der Waals surface area contributed by atoms with Gasteiger partial charge in [-0.05, 0) is 55.2 Å². The maximum atomic E-state index is 13.5. The van der Waals surface area contributed by atoms with E-state index in [2.05, 4.69) is 10.3 Å². The first-order chi connectivity index (χ1) is 10.5. The summed E-state index contributed by atoms with van der Waals surface area (Å²) in [6, 6.07) is 9.43. The fourth-order valence-electron chi connectivity index (χ4n) is 2.03. The van der Waals surface area contributed by atoms with E-state index < -0.39 is 11.6 Å². The van der Waals surface area contributed by atoms with Crippen molar-refractivity contribution in [2.75, 3.05) is 11.9 Å². The fourth-order valence-corrected chi connectivity index (χ4v) is 2.03. The first-order valence-electron chi connectivity index (χ1n) is 7.04. The molecule has 2 aromatic carbocycles. The van der Waals surface area contributed by atoms with Gasteiger partial charge in [0.25, 0.3) is 0 Å². The van der Waals surface area contributed by atoms with Crippen molar-refractivity contribution in [2.45, 2.75) is 20.3 Å². The van der Waals surface area contributed by atoms with Crippen LogP contribution in [0.2, 0.25) is 0 Å². The van der Waals surface area contributed by atoms with Crippen LogP contribution in [0.3, 0.4) is 0 Å². The van der Waals surface area contributed by atoms with E-state index in [9.17, 15) is 8.78 Å². The molecule has 0 atom stereocenters. The number of halogens is 2. The largest absolute Gasteiger partial charge is 0.370 e. The molecule has 3 N–H and O–H groups in total. The Labute approximate surface area is 128 Å². The molecule has 2 rings (SSSR count). The van der Waals surface area contributed by atoms with Crippen LogP contribution in [0.4, 0.5) is 14.5 Å². The van der Waals surface area contributed by atoms with Crippen LogP contribution in [0.5, 0.6) is 0 Å². The van der Waals surface area contributed by atoms with E-state index in [0.717, 1.165) is 17.3 Å². The Bertz CT molecular complexity index is 696. The number of rotatable bonds is 4. The molecule has 0 saturated carbocycles. The Hall–Kier alpha value is -2.43. The Kier molecular flexibility index (Phi) is 5.09. The van der Waals surface area contributed by atoms with Gasteiger partial charge in [0.2, 0.25) is 0 Å². The van der Waals surface area contributed by atoms with Crippen molar-refractivity contribution in [3.8, 4) is 0 Å². The van der Waals surface area contributed by atoms with Crippen LogP contribution in [0.25, 0.3) is 0 Å². The molecule has 0 bridgehead atoms. The molecule has 22 heavy (non-hydrogen) atoms. The SMILES string of the molecule is Cc1ccc(NC(N)=NCCc2ccc(F)cc2F)cc1C. The molecule has 0 saturated heterocycles. The van der Waals surface area contributed by atoms with Crippen molar-refractivity contribution in [3.63, 3.8) is 0 Å². The molecule has 0 unspecified atom stereocenters. The van der Waals surface area contributed by atoms with E-state index in [0.29, 0.717) is 18.5 Å². The Morgan fingerprint density at radius 2 is 1.86 bits per heavy atom. The Balaban J connectivity index is 1.93. The number of nitrogens with zero attached hydrogens (tertiary/aromatic N) is 1. The highest BCUT2D eigenvalue weighted by molar-refractivity contribution is 5.92. The minimum absolute atomic E-state index is 0.269. The molecule has 116 valence electrons. The monoisotopic (exact) mass is 303 g/mol. The van der Waals surface area contributed by atoms with Crippen LogP contribution >= 0.6 is 0 Å². The summed E-state index contributed by atoms with van der Waals surface area (Å²) < 4.78 is 26.3. The van der Waals surface area contributed by atoms with Gasteiger partial charge >= 0.3 is 0 Å². The van der Waals surface area contributed by atoms with Gasteiger partial charge in [0, 0.05) is 18.3 Å². The van der Waals surface area contributed by atoms with Crippen molar-refractivity contribution >= 4 is 11.6 Å². The molecule has 0 fully saturated rings. The predicted molar refractivity (Wildman–Crippen MR) is 86.1 cm³/mol. The number of benzene rings is 2. The van der Waals surface area contributed by atoms with E-state index >= 15 is 0 Å². The standard InChI is InChI=1S/C17H19F2N3/c1-11-3-6-15(9-12(11)2)22-17(20)21-8-7-13-4-5-14(18)10-16(13)19/h3-6,9-10H,7-8H2,1-2H3,(H3,20,21,22). The fraction of sp³-hybridized carbons (Fsp3) is 0.235. The lowest BCUT2D eigenvalue weighted by molar-refractivity contribution is 0.572. The average molecular weight is 303 g/mol. The maximum absolute atomic E-state index is 13.5. The molecule has 0 spiro atoms. The number of nitrogens with one attached hydrogen (secondary N) is 1. The van der Waals surface area contributed by atoms with Gasteiger partial charge < -0.3 is 11.1 Å². The third kappa shape index (κ3) is 4.28. The van der Waals surface area contributed by atoms with E-state index in [1.807, 2.05) is 32.0 Å². The molecular formula is C17H19F2N3. The van der Waals surface area contributed by atoms with Crippen LogP contribution < -0.4 is 11.1 Å². The molecule has 0 heterocycles. The highest BCUT2D eigenvalue weighted by Gasteiger charge is 2.03. The van der Waals surface area contributed by atoms with Gasteiger partial charge in [-0.15, -0.1) is 0 Å². The molecule has 0 radical (unpaired) electrons. The number of hydrogen-bond donors (Lipinski definition) is 2. The predicted octanol–water partition coefficient (Wildman–Crippen LogP) is 3.55. The lowest BCUT2D eigenvalue weighted by Crippen LogP contribution is -2.23. The molecule has 0 aromatic heterocycles. The van der Waals surface area contributed by atoms with E-state index in [-0.39, 0.29) is 5.96 Å². The summed E-state index contributed by atoms with van der Waals surface area (Å²) in [7, 11) is 0. The Morgan fingerprint density at radius 3 is 2.55 bits per heavy atom. The second-order valence-corrected chi connectivity index (χ2v) is 5.18. The third-order valence-corrected chi connectivity index (χ3v) is 3.46. The molecule has 3 nitrogen and oxygen atoms in total. The number of aliphatic imine (C=N–C) groups is 1. The highest BCUT2D eigenvalue weighted by Crippen LogP contribution is 2.14. The van der Waals surface area contributed by atoms with Crippen LogP contribution in [-0.2, 0) is 6.42 Å². The minimum atomic E-state index is -0.583. The summed E-state index contributed by atoms with van der Waals surface area (Å²) >= 11 is 0. The summed E-state index contributed by atoms with van der Waals surface area (Å²) in [4.78, 5) is 4.15. The van der Waals surface area contributed by atoms with Crippen LogP contribution in [0.1, 0.15) is 16.7 Å². The summed E-state index contributed by atoms with van der Waals surface area (Å²) in [6.07, 6.45) is 0.363. The number of nitrogens with two attached hydrogens (primary N) is 1. The number of hydrogen-bond acceptors (Lipinski definition) is 1. The maximum Gasteiger partial charge on any atom is 0.193 e. The van der Waals surface area contributed by atoms with Gasteiger partial charge in [0.05, 0.1) is 0 Å². The van der Waals surface area contributed by atoms with Crippen molar-refractivity contribution in [1.82, 2.24) is 0 Å². The lowest BCUT2D eigenvalue weighted by Gasteiger charge is -2.08. The van der Waals surface area contributed by atoms with Gasteiger partial charge in [-0.3, -0.25) is 4.99 Å². The van der Waals surface area contributed by atoms with E-state index in [1.54, 1.807) is 0 Å². The summed E-state index contributed by atoms with van der Waals surface area (Å²) in [6.45, 7) is 4.38. The minimum Gasteiger partial charge on any atom is -0.370 e. The highest BCUT2D eigenvalue weighted by atomic mass is 19.1. The van der Waals surface area contributed by atoms with Crippen molar-refractivity contribution in [1.29, 1.82) is 0 Å². The Morgan fingerprint density at radius 1 is 1.09 bits per heavy atom. The van der Waals surface area contributed by atoms with Gasteiger partial charge in [-0.2, -0.15) is 0 Å². The summed E-state index contributed by atoms with van der Waals surface area (Å²) in [5, 5.41) is 2.99. The quantitative estimate of drug-likeness (QED) is 0.670. The van der Waals surface area contributed by atoms with Crippen LogP contribution in [0.15, 0.2) is 41.4 Å². The second-order valence-electron chi connectivity index (χ2n) is 5.18. The molecule has 0 aliphatic rings. The molecule has 0 aliphatic heterocycles. The van der Waals surface area contributed by atoms with Crippen molar-refractivity contribution < 1.29 is 8.78 Å². The van der Waals surface area contributed by atoms with E-state index in [4.69, 9.17) is 5.73 Å². The topological polar surface area (TPSA) is 50.4 Å². The summed E-state index contributed by atoms with van der Waals surface area (Å²) in [5.74, 6) is -0.873. The number of aryl methyl sites for hydroxylation is 2. The molecule has 5 heteroatoms. The first kappa shape index (κ1) is 15.9. The molecule has 0 amide bonds. The van der Waals surface area contributed by atoms with Crippen LogP contribution in [-0.4, -0.2) is 12.5 Å². The van der Waals surface area contributed by atoms with Gasteiger partial charge in [-0.1, -0.05) is 12.1 Å². The zero-order valence-corrected chi connectivity index (χ0v) is 12.7. The van der Waals surface area contributed by atoms with E-state index in [1.165, 1.54) is 17.7 Å². The number of anilines is 1. The van der Waals surface area contributed by atoms with Crippen LogP contribution in [0, 0.1) is 25.5 Å². The lowest BCUT2D eigenvalue weighted by atomic mass is 10.1. The zero-order chi connectivity index (χ0) is 16.1. The van der Waals surface area contributed by atoms with Crippen molar-refractivity contribution in [3.05, 3.63) is 64.7 Å². The molecular weight excluding hydrogens is 284 g/mol. The van der Waals surface area contributed by atoms with Gasteiger partial charge in [0.15, 0.2) is 5.96 Å². The smallest absolute Gasteiger partial charge is 0.193 e. The zero-order valence-electron chi connectivity index (χ0n) is 12.7. The molecule has 0 aliphatic carbocycles. The second kappa shape index (κ2) is 7.02. The number of guanidine groups is 1. The average Bonchev–Trinajstić information content (AvgIpc) is 2.45. The van der Waals surface area contributed by atoms with Crippen molar-refractivity contribution in [2.24, 2.45) is 10.7 Å². The van der Waals surface area contributed by atoms with Gasteiger partial charge in [0.1, 0.15) is 11.6 Å². The normalized spacial score (nSPS) is 11.5. The first-order valence-corrected chi connectivity index (χ1v) is 7.04. The molecule has 2 aromatic rings. The third-order valence-electron chi connectivity index (χ3n) is 3.46. The summed E-state index contributed by atoms with van der Waals surface area (Å²) in [5.41, 5.74) is 9.44. The van der Waals surface area contributed by atoms with Gasteiger partial charge in [-0.25, -0.2) is 8.78 Å².